The van der Waals surface area contributed by atoms with Crippen molar-refractivity contribution in [3.05, 3.63) is 65.7 Å². The van der Waals surface area contributed by atoms with Crippen LogP contribution in [0.15, 0.2) is 64.6 Å². The lowest BCUT2D eigenvalue weighted by atomic mass is 9.99. The molecule has 38 heavy (non-hydrogen) atoms. The van der Waals surface area contributed by atoms with Crippen molar-refractivity contribution in [1.29, 1.82) is 0 Å². The number of nitrogens with zero attached hydrogens (tertiary/aromatic N) is 1. The standard InChI is InChI=1S/C21H18F9NO5S2/c1-3-13(2)14-9-11-16(12-10-14)37(32,33)20(27,28)19(25,26)21(29,30)38(34,35)36-31-17(18(22,23)24)15-7-5-4-6-8-15/h4-13H,3H2,1-2H3. The number of benzene rings is 2. The minimum atomic E-state index is -7.44. The highest BCUT2D eigenvalue weighted by molar-refractivity contribution is 7.92. The first-order chi connectivity index (χ1) is 17.1. The van der Waals surface area contributed by atoms with E-state index in [1.54, 1.807) is 13.8 Å². The van der Waals surface area contributed by atoms with Gasteiger partial charge < -0.3 is 0 Å². The molecule has 2 rings (SSSR count). The van der Waals surface area contributed by atoms with E-state index >= 15 is 0 Å². The van der Waals surface area contributed by atoms with E-state index in [0.29, 0.717) is 36.2 Å². The molecule has 0 spiro atoms. The third kappa shape index (κ3) is 5.48. The first kappa shape index (κ1) is 31.4. The number of alkyl halides is 9. The van der Waals surface area contributed by atoms with Gasteiger partial charge in [0, 0.05) is 5.56 Å². The molecule has 0 bridgehead atoms. The molecule has 1 unspecified atom stereocenters. The maximum atomic E-state index is 14.5. The van der Waals surface area contributed by atoms with Gasteiger partial charge in [-0.1, -0.05) is 61.5 Å². The molecule has 1 atom stereocenters. The van der Waals surface area contributed by atoms with Crippen LogP contribution >= 0.6 is 0 Å². The first-order valence-corrected chi connectivity index (χ1v) is 13.2. The molecule has 0 radical (unpaired) electrons. The molecule has 0 aromatic heterocycles. The van der Waals surface area contributed by atoms with Crippen molar-refractivity contribution in [3.63, 3.8) is 0 Å². The van der Waals surface area contributed by atoms with E-state index in [2.05, 4.69) is 4.28 Å². The maximum absolute atomic E-state index is 14.5. The van der Waals surface area contributed by atoms with Crippen molar-refractivity contribution in [1.82, 2.24) is 0 Å². The topological polar surface area (TPSA) is 89.9 Å². The molecule has 2 aromatic rings. The van der Waals surface area contributed by atoms with Gasteiger partial charge in [-0.2, -0.15) is 47.9 Å². The second-order valence-corrected chi connectivity index (χ2v) is 11.4. The van der Waals surface area contributed by atoms with Gasteiger partial charge in [0.1, 0.15) is 0 Å². The van der Waals surface area contributed by atoms with Crippen LogP contribution < -0.4 is 0 Å². The van der Waals surface area contributed by atoms with Crippen LogP contribution in [0.2, 0.25) is 0 Å². The Bertz CT molecular complexity index is 1370. The number of hydrogen-bond acceptors (Lipinski definition) is 6. The van der Waals surface area contributed by atoms with E-state index in [-0.39, 0.29) is 5.92 Å². The number of sulfone groups is 1. The van der Waals surface area contributed by atoms with Crippen molar-refractivity contribution >= 4 is 25.7 Å². The second-order valence-electron chi connectivity index (χ2n) is 7.82. The summed E-state index contributed by atoms with van der Waals surface area (Å²) in [6.07, 6.45) is -5.07. The molecule has 2 aromatic carbocycles. The van der Waals surface area contributed by atoms with E-state index in [9.17, 15) is 56.3 Å². The Labute approximate surface area is 211 Å². The fourth-order valence-electron chi connectivity index (χ4n) is 2.85. The Balaban J connectivity index is 2.52. The van der Waals surface area contributed by atoms with Crippen molar-refractivity contribution in [2.24, 2.45) is 5.16 Å². The zero-order chi connectivity index (χ0) is 29.4. The monoisotopic (exact) mass is 599 g/mol. The van der Waals surface area contributed by atoms with Gasteiger partial charge in [-0.15, -0.1) is 0 Å². The van der Waals surface area contributed by atoms with Gasteiger partial charge in [0.2, 0.25) is 9.84 Å². The van der Waals surface area contributed by atoms with Crippen LogP contribution in [0.25, 0.3) is 0 Å². The Kier molecular flexibility index (Phi) is 8.58. The Morgan fingerprint density at radius 1 is 0.816 bits per heavy atom. The van der Waals surface area contributed by atoms with E-state index in [0.717, 1.165) is 24.3 Å². The molecule has 6 nitrogen and oxygen atoms in total. The predicted molar refractivity (Wildman–Crippen MR) is 116 cm³/mol. The van der Waals surface area contributed by atoms with Gasteiger partial charge in [0.05, 0.1) is 4.90 Å². The van der Waals surface area contributed by atoms with Crippen LogP contribution in [0.1, 0.15) is 37.3 Å². The maximum Gasteiger partial charge on any atom is 0.452 e. The summed E-state index contributed by atoms with van der Waals surface area (Å²) in [7, 11) is -14.1. The smallest absolute Gasteiger partial charge is 0.263 e. The minimum Gasteiger partial charge on any atom is -0.263 e. The normalized spacial score (nSPS) is 15.3. The molecule has 0 saturated carbocycles. The number of halogens is 9. The summed E-state index contributed by atoms with van der Waals surface area (Å²) >= 11 is 0. The summed E-state index contributed by atoms with van der Waals surface area (Å²) in [6, 6.07) is 7.29. The van der Waals surface area contributed by atoms with Crippen LogP contribution in [0, 0.1) is 0 Å². The zero-order valence-electron chi connectivity index (χ0n) is 19.2. The molecule has 212 valence electrons. The van der Waals surface area contributed by atoms with Crippen LogP contribution in [0.5, 0.6) is 0 Å². The summed E-state index contributed by atoms with van der Waals surface area (Å²) in [5, 5.41) is -11.9. The van der Waals surface area contributed by atoms with E-state index < -0.39 is 58.7 Å². The lowest BCUT2D eigenvalue weighted by Crippen LogP contribution is -2.60. The molecule has 0 saturated heterocycles. The van der Waals surface area contributed by atoms with Crippen LogP contribution in [0.3, 0.4) is 0 Å². The zero-order valence-corrected chi connectivity index (χ0v) is 20.8. The van der Waals surface area contributed by atoms with Gasteiger partial charge in [-0.3, -0.25) is 4.28 Å². The largest absolute Gasteiger partial charge is 0.452 e. The summed E-state index contributed by atoms with van der Waals surface area (Å²) in [6.45, 7) is 3.37. The molecular formula is C21H18F9NO5S2. The van der Waals surface area contributed by atoms with Gasteiger partial charge >= 0.3 is 32.7 Å². The van der Waals surface area contributed by atoms with Crippen LogP contribution in [0.4, 0.5) is 39.5 Å². The lowest BCUT2D eigenvalue weighted by molar-refractivity contribution is -0.246. The molecule has 0 heterocycles. The van der Waals surface area contributed by atoms with E-state index in [4.69, 9.17) is 0 Å². The third-order valence-electron chi connectivity index (χ3n) is 5.30. The van der Waals surface area contributed by atoms with Gasteiger partial charge in [0.25, 0.3) is 0 Å². The molecule has 0 aliphatic heterocycles. The minimum absolute atomic E-state index is 0.224. The Morgan fingerprint density at radius 3 is 1.76 bits per heavy atom. The highest BCUT2D eigenvalue weighted by atomic mass is 32.2. The predicted octanol–water partition coefficient (Wildman–Crippen LogP) is 6.11. The van der Waals surface area contributed by atoms with E-state index in [1.807, 2.05) is 5.16 Å². The second kappa shape index (κ2) is 10.4. The van der Waals surface area contributed by atoms with Crippen molar-refractivity contribution in [2.45, 2.75) is 53.7 Å². The Hall–Kier alpha value is -2.82. The average Bonchev–Trinajstić information content (AvgIpc) is 2.83. The highest BCUT2D eigenvalue weighted by Crippen LogP contribution is 2.52. The van der Waals surface area contributed by atoms with Gasteiger partial charge in [-0.05, 0) is 30.0 Å². The summed E-state index contributed by atoms with van der Waals surface area (Å²) in [5.74, 6) is -7.47. The molecule has 0 amide bonds. The quantitative estimate of drug-likeness (QED) is 0.187. The molecule has 0 fully saturated rings. The van der Waals surface area contributed by atoms with Crippen molar-refractivity contribution in [2.75, 3.05) is 0 Å². The number of hydrogen-bond donors (Lipinski definition) is 0. The molecule has 17 heteroatoms. The Morgan fingerprint density at radius 2 is 1.32 bits per heavy atom. The summed E-state index contributed by atoms with van der Waals surface area (Å²) in [4.78, 5) is -1.55. The molecule has 0 N–H and O–H groups in total. The fraction of sp³-hybridized carbons (Fsp3) is 0.381. The number of oxime groups is 1. The number of rotatable bonds is 10. The van der Waals surface area contributed by atoms with Crippen LogP contribution in [-0.2, 0) is 24.2 Å². The van der Waals surface area contributed by atoms with Crippen molar-refractivity contribution < 1.29 is 60.6 Å². The molecular weight excluding hydrogens is 581 g/mol. The molecule has 0 aliphatic carbocycles. The summed E-state index contributed by atoms with van der Waals surface area (Å²) in [5.41, 5.74) is -2.86. The lowest BCUT2D eigenvalue weighted by Gasteiger charge is -2.30. The van der Waals surface area contributed by atoms with Crippen LogP contribution in [-0.4, -0.2) is 45.2 Å². The molecule has 0 aliphatic rings. The highest BCUT2D eigenvalue weighted by Gasteiger charge is 2.83. The average molecular weight is 599 g/mol. The first-order valence-electron chi connectivity index (χ1n) is 10.3. The van der Waals surface area contributed by atoms with Crippen molar-refractivity contribution in [3.8, 4) is 0 Å². The summed E-state index contributed by atoms with van der Waals surface area (Å²) < 4.78 is 177. The van der Waals surface area contributed by atoms with E-state index in [1.165, 1.54) is 6.07 Å². The fourth-order valence-corrected chi connectivity index (χ4v) is 4.88. The third-order valence-corrected chi connectivity index (χ3v) is 8.28. The SMILES string of the molecule is CCC(C)c1ccc(S(=O)(=O)C(F)(F)C(F)(F)C(F)(F)S(=O)(=O)ON=C(c2ccccc2)C(F)(F)F)cc1. The van der Waals surface area contributed by atoms with Gasteiger partial charge in [-0.25, -0.2) is 8.42 Å². The van der Waals surface area contributed by atoms with Gasteiger partial charge in [0.15, 0.2) is 5.71 Å².